The van der Waals surface area contributed by atoms with Crippen LogP contribution in [0.25, 0.3) is 22.1 Å². The minimum atomic E-state index is -0.122. The number of piperidine rings is 1. The number of nitrogens with zero attached hydrogens (tertiary/aromatic N) is 2. The van der Waals surface area contributed by atoms with Crippen LogP contribution in [0.15, 0.2) is 57.4 Å². The third kappa shape index (κ3) is 3.29. The lowest BCUT2D eigenvalue weighted by atomic mass is 10.1. The van der Waals surface area contributed by atoms with Gasteiger partial charge < -0.3 is 23.2 Å². The van der Waals surface area contributed by atoms with Gasteiger partial charge in [0.05, 0.1) is 7.11 Å². The van der Waals surface area contributed by atoms with E-state index in [0.717, 1.165) is 10.9 Å². The Labute approximate surface area is 166 Å². The van der Waals surface area contributed by atoms with Gasteiger partial charge in [-0.3, -0.25) is 4.79 Å². The molecule has 0 aliphatic carbocycles. The molecule has 5 rings (SSSR count). The van der Waals surface area contributed by atoms with Crippen molar-refractivity contribution in [2.75, 3.05) is 20.2 Å². The molecule has 0 saturated carbocycles. The molecule has 7 heteroatoms. The summed E-state index contributed by atoms with van der Waals surface area (Å²) in [6, 6.07) is 14.9. The van der Waals surface area contributed by atoms with Gasteiger partial charge >= 0.3 is 6.08 Å². The van der Waals surface area contributed by atoms with Crippen LogP contribution in [0.3, 0.4) is 0 Å². The Bertz CT molecular complexity index is 1140. The third-order valence-corrected chi connectivity index (χ3v) is 5.21. The number of aromatic nitrogens is 1. The Morgan fingerprint density at radius 2 is 1.93 bits per heavy atom. The van der Waals surface area contributed by atoms with Crippen molar-refractivity contribution in [2.24, 2.45) is 0 Å². The summed E-state index contributed by atoms with van der Waals surface area (Å²) < 4.78 is 22.6. The van der Waals surface area contributed by atoms with Crippen LogP contribution in [0, 0.1) is 0 Å². The molecule has 0 unspecified atom stereocenters. The molecular formula is C22H20N2O5. The van der Waals surface area contributed by atoms with Crippen LogP contribution >= 0.6 is 0 Å². The number of carbonyl (C=O) groups is 1. The minimum absolute atomic E-state index is 0.0390. The van der Waals surface area contributed by atoms with Crippen LogP contribution in [-0.4, -0.2) is 42.1 Å². The van der Waals surface area contributed by atoms with Crippen LogP contribution < -0.4 is 9.47 Å². The lowest BCUT2D eigenvalue weighted by Crippen LogP contribution is -2.41. The number of hydrogen-bond acceptors (Lipinski definition) is 6. The number of hydrogen-bond donors (Lipinski definition) is 0. The molecule has 1 fully saturated rings. The summed E-state index contributed by atoms with van der Waals surface area (Å²) >= 11 is 0. The van der Waals surface area contributed by atoms with E-state index in [0.29, 0.717) is 48.6 Å². The van der Waals surface area contributed by atoms with Gasteiger partial charge in [0.2, 0.25) is 0 Å². The summed E-state index contributed by atoms with van der Waals surface area (Å²) in [5, 5.41) is 0.849. The van der Waals surface area contributed by atoms with Gasteiger partial charge in [-0.2, -0.15) is 4.98 Å². The van der Waals surface area contributed by atoms with Crippen molar-refractivity contribution in [3.05, 3.63) is 54.3 Å². The molecule has 148 valence electrons. The first-order valence-electron chi connectivity index (χ1n) is 9.59. The minimum Gasteiger partial charge on any atom is -0.493 e. The second-order valence-corrected chi connectivity index (χ2v) is 7.05. The number of likely N-dealkylation sites (tertiary alicyclic amines) is 1. The lowest BCUT2D eigenvalue weighted by molar-refractivity contribution is 0.0512. The van der Waals surface area contributed by atoms with E-state index in [1.54, 1.807) is 18.1 Å². The van der Waals surface area contributed by atoms with E-state index in [-0.39, 0.29) is 18.1 Å². The Morgan fingerprint density at radius 3 is 2.72 bits per heavy atom. The van der Waals surface area contributed by atoms with Crippen molar-refractivity contribution in [2.45, 2.75) is 18.9 Å². The van der Waals surface area contributed by atoms with E-state index in [2.05, 4.69) is 4.98 Å². The second kappa shape index (κ2) is 7.16. The van der Waals surface area contributed by atoms with E-state index >= 15 is 0 Å². The fourth-order valence-corrected chi connectivity index (χ4v) is 3.68. The number of amides is 1. The first-order valence-corrected chi connectivity index (χ1v) is 9.59. The van der Waals surface area contributed by atoms with Crippen molar-refractivity contribution in [3.8, 4) is 11.8 Å². The number of methoxy groups -OCH3 is 1. The Morgan fingerprint density at radius 1 is 1.10 bits per heavy atom. The molecule has 2 aromatic heterocycles. The van der Waals surface area contributed by atoms with Gasteiger partial charge in [0.1, 0.15) is 11.6 Å². The normalized spacial score (nSPS) is 15.1. The zero-order valence-corrected chi connectivity index (χ0v) is 16.0. The van der Waals surface area contributed by atoms with Crippen molar-refractivity contribution in [3.63, 3.8) is 0 Å². The summed E-state index contributed by atoms with van der Waals surface area (Å²) in [4.78, 5) is 19.0. The van der Waals surface area contributed by atoms with Gasteiger partial charge in [-0.1, -0.05) is 24.3 Å². The zero-order chi connectivity index (χ0) is 19.8. The Balaban J connectivity index is 1.25. The number of ether oxygens (including phenoxy) is 2. The first kappa shape index (κ1) is 17.6. The van der Waals surface area contributed by atoms with Crippen LogP contribution in [0.4, 0.5) is 0 Å². The number of benzene rings is 2. The summed E-state index contributed by atoms with van der Waals surface area (Å²) in [6.45, 7) is 1.16. The number of fused-ring (bicyclic) bond motifs is 2. The number of oxazole rings is 1. The SMILES string of the molecule is COc1cccc2cc(C(=O)N3CCC(Oc4nc5ccccc5o4)CC3)oc12. The molecule has 1 amide bonds. The van der Waals surface area contributed by atoms with Gasteiger partial charge in [-0.05, 0) is 24.3 Å². The molecule has 7 nitrogen and oxygen atoms in total. The lowest BCUT2D eigenvalue weighted by Gasteiger charge is -2.30. The predicted molar refractivity (Wildman–Crippen MR) is 106 cm³/mol. The topological polar surface area (TPSA) is 77.9 Å². The van der Waals surface area contributed by atoms with E-state index in [1.165, 1.54) is 0 Å². The van der Waals surface area contributed by atoms with Gasteiger partial charge in [0.25, 0.3) is 5.91 Å². The summed E-state index contributed by atoms with van der Waals surface area (Å²) in [5.74, 6) is 0.818. The predicted octanol–water partition coefficient (Wildman–Crippen LogP) is 4.27. The third-order valence-electron chi connectivity index (χ3n) is 5.21. The highest BCUT2D eigenvalue weighted by atomic mass is 16.6. The number of rotatable bonds is 4. The van der Waals surface area contributed by atoms with Crippen molar-refractivity contribution >= 4 is 28.0 Å². The van der Waals surface area contributed by atoms with Gasteiger partial charge in [-0.25, -0.2) is 0 Å². The molecule has 1 aliphatic heterocycles. The average molecular weight is 392 g/mol. The average Bonchev–Trinajstić information content (AvgIpc) is 3.37. The molecule has 0 radical (unpaired) electrons. The molecule has 2 aromatic carbocycles. The summed E-state index contributed by atoms with van der Waals surface area (Å²) in [7, 11) is 1.58. The fourth-order valence-electron chi connectivity index (χ4n) is 3.68. The van der Waals surface area contributed by atoms with Gasteiger partial charge in [0.15, 0.2) is 22.7 Å². The summed E-state index contributed by atoms with van der Waals surface area (Å²) in [6.07, 6.45) is 1.64. The molecule has 29 heavy (non-hydrogen) atoms. The van der Waals surface area contributed by atoms with E-state index in [9.17, 15) is 4.79 Å². The van der Waals surface area contributed by atoms with Crippen molar-refractivity contribution in [1.29, 1.82) is 0 Å². The quantitative estimate of drug-likeness (QED) is 0.516. The highest BCUT2D eigenvalue weighted by molar-refractivity contribution is 5.97. The Kier molecular flexibility index (Phi) is 4.35. The van der Waals surface area contributed by atoms with E-state index in [1.807, 2.05) is 42.5 Å². The molecule has 0 bridgehead atoms. The van der Waals surface area contributed by atoms with Crippen LogP contribution in [0.2, 0.25) is 0 Å². The molecule has 3 heterocycles. The maximum Gasteiger partial charge on any atom is 0.394 e. The monoisotopic (exact) mass is 392 g/mol. The number of furan rings is 1. The maximum atomic E-state index is 12.9. The fraction of sp³-hybridized carbons (Fsp3) is 0.273. The molecule has 4 aromatic rings. The molecular weight excluding hydrogens is 372 g/mol. The van der Waals surface area contributed by atoms with E-state index < -0.39 is 0 Å². The standard InChI is InChI=1S/C22H20N2O5/c1-26-18-8-4-5-14-13-19(28-20(14)18)21(25)24-11-9-15(10-12-24)27-22-23-16-6-2-3-7-17(16)29-22/h2-8,13,15H,9-12H2,1H3. The largest absolute Gasteiger partial charge is 0.493 e. The van der Waals surface area contributed by atoms with Crippen LogP contribution in [-0.2, 0) is 0 Å². The Hall–Kier alpha value is -3.48. The van der Waals surface area contributed by atoms with E-state index in [4.69, 9.17) is 18.3 Å². The second-order valence-electron chi connectivity index (χ2n) is 7.05. The first-order chi connectivity index (χ1) is 14.2. The maximum absolute atomic E-state index is 12.9. The van der Waals surface area contributed by atoms with Crippen LogP contribution in [0.1, 0.15) is 23.4 Å². The van der Waals surface area contributed by atoms with Crippen molar-refractivity contribution < 1.29 is 23.1 Å². The highest BCUT2D eigenvalue weighted by Gasteiger charge is 2.28. The molecule has 1 aliphatic rings. The number of carbonyl (C=O) groups excluding carboxylic acids is 1. The molecule has 0 spiro atoms. The van der Waals surface area contributed by atoms with Crippen molar-refractivity contribution in [1.82, 2.24) is 9.88 Å². The summed E-state index contributed by atoms with van der Waals surface area (Å²) in [5.41, 5.74) is 2.07. The molecule has 0 atom stereocenters. The van der Waals surface area contributed by atoms with Crippen LogP contribution in [0.5, 0.6) is 11.8 Å². The highest BCUT2D eigenvalue weighted by Crippen LogP contribution is 2.30. The smallest absolute Gasteiger partial charge is 0.394 e. The molecule has 0 N–H and O–H groups in total. The number of para-hydroxylation sites is 3. The van der Waals surface area contributed by atoms with Gasteiger partial charge in [-0.15, -0.1) is 0 Å². The zero-order valence-electron chi connectivity index (χ0n) is 16.0. The molecule has 1 saturated heterocycles. The van der Waals surface area contributed by atoms with Gasteiger partial charge in [0, 0.05) is 31.3 Å².